The molecule has 0 saturated heterocycles. The van der Waals surface area contributed by atoms with E-state index in [1.165, 1.54) is 0 Å². The number of aromatic nitrogens is 2. The molecule has 4 nitrogen and oxygen atoms in total. The molecular weight excluding hydrogens is 400 g/mol. The van der Waals surface area contributed by atoms with E-state index in [9.17, 15) is 0 Å². The second-order valence-corrected chi connectivity index (χ2v) is 10.6. The summed E-state index contributed by atoms with van der Waals surface area (Å²) < 4.78 is 14.3. The van der Waals surface area contributed by atoms with E-state index in [4.69, 9.17) is 20.5 Å². The molecule has 128 valence electrons. The molecule has 1 unspecified atom stereocenters. The lowest BCUT2D eigenvalue weighted by Crippen LogP contribution is -2.36. The molecule has 0 aliphatic carbocycles. The predicted molar refractivity (Wildman–Crippen MR) is 101 cm³/mol. The van der Waals surface area contributed by atoms with Crippen LogP contribution in [-0.4, -0.2) is 26.5 Å². The maximum absolute atomic E-state index is 6.51. The van der Waals surface area contributed by atoms with Crippen LogP contribution in [-0.2, 0) is 22.0 Å². The summed E-state index contributed by atoms with van der Waals surface area (Å²) in [5, 5.41) is 0.985. The van der Waals surface area contributed by atoms with Crippen molar-refractivity contribution in [2.24, 2.45) is 0 Å². The summed E-state index contributed by atoms with van der Waals surface area (Å²) in [6.07, 6.45) is 0. The zero-order valence-electron chi connectivity index (χ0n) is 14.3. The molecular formula is C16H23BrClN2O2S+. The summed E-state index contributed by atoms with van der Waals surface area (Å²) in [6, 6.07) is 3.75. The zero-order chi connectivity index (χ0) is 17.4. The Morgan fingerprint density at radius 1 is 1.35 bits per heavy atom. The first-order chi connectivity index (χ1) is 10.7. The first-order valence-corrected chi connectivity index (χ1v) is 9.81. The summed E-state index contributed by atoms with van der Waals surface area (Å²) in [5.74, 6) is 0.681. The minimum absolute atomic E-state index is 0.0814. The summed E-state index contributed by atoms with van der Waals surface area (Å²) >= 11 is 9.82. The standard InChI is InChI=1S/C16H23BrClN2O2S/c1-10(2)23(16(3,4)5)22-9-11-14(18)20-13(17)8-7-12(21-6)15(20)19-11/h7-8,10H,9H2,1-6H3/q+1. The number of ether oxygens (including phenoxy) is 1. The first-order valence-electron chi connectivity index (χ1n) is 7.42. The highest BCUT2D eigenvalue weighted by Gasteiger charge is 2.40. The van der Waals surface area contributed by atoms with E-state index >= 15 is 0 Å². The van der Waals surface area contributed by atoms with Gasteiger partial charge < -0.3 is 4.74 Å². The minimum Gasteiger partial charge on any atom is -0.493 e. The quantitative estimate of drug-likeness (QED) is 0.501. The van der Waals surface area contributed by atoms with Crippen molar-refractivity contribution in [3.05, 3.63) is 27.6 Å². The van der Waals surface area contributed by atoms with Gasteiger partial charge in [-0.25, -0.2) is 4.98 Å². The summed E-state index contributed by atoms with van der Waals surface area (Å²) in [5.41, 5.74) is 1.41. The lowest BCUT2D eigenvalue weighted by Gasteiger charge is -2.21. The van der Waals surface area contributed by atoms with Gasteiger partial charge in [0.15, 0.2) is 27.3 Å². The molecule has 0 amide bonds. The fourth-order valence-electron chi connectivity index (χ4n) is 2.49. The molecule has 2 aromatic rings. The van der Waals surface area contributed by atoms with E-state index in [1.807, 2.05) is 16.5 Å². The van der Waals surface area contributed by atoms with Gasteiger partial charge in [0.05, 0.1) is 11.7 Å². The largest absolute Gasteiger partial charge is 0.493 e. The van der Waals surface area contributed by atoms with Gasteiger partial charge in [-0.1, -0.05) is 11.6 Å². The molecule has 0 spiro atoms. The Bertz CT molecular complexity index is 697. The van der Waals surface area contributed by atoms with Crippen LogP contribution in [0.2, 0.25) is 5.15 Å². The third kappa shape index (κ3) is 3.98. The summed E-state index contributed by atoms with van der Waals surface area (Å²) in [6.45, 7) is 11.3. The Kier molecular flexibility index (Phi) is 5.93. The maximum Gasteiger partial charge on any atom is 0.182 e. The Hall–Kier alpha value is -0.430. The van der Waals surface area contributed by atoms with E-state index < -0.39 is 0 Å². The smallest absolute Gasteiger partial charge is 0.182 e. The van der Waals surface area contributed by atoms with Crippen molar-refractivity contribution in [2.45, 2.75) is 51.2 Å². The van der Waals surface area contributed by atoms with Crippen molar-refractivity contribution >= 4 is 44.4 Å². The average molecular weight is 423 g/mol. The molecule has 2 rings (SSSR count). The van der Waals surface area contributed by atoms with E-state index in [2.05, 4.69) is 55.5 Å². The van der Waals surface area contributed by atoms with Gasteiger partial charge in [-0.3, -0.25) is 4.40 Å². The molecule has 0 radical (unpaired) electrons. The van der Waals surface area contributed by atoms with Gasteiger partial charge in [0.1, 0.15) is 22.7 Å². The van der Waals surface area contributed by atoms with Gasteiger partial charge in [0.2, 0.25) is 0 Å². The van der Waals surface area contributed by atoms with Crippen molar-refractivity contribution in [2.75, 3.05) is 7.11 Å². The molecule has 0 aliphatic rings. The van der Waals surface area contributed by atoms with Crippen LogP contribution in [0.5, 0.6) is 5.75 Å². The number of methoxy groups -OCH3 is 1. The van der Waals surface area contributed by atoms with E-state index in [0.29, 0.717) is 28.4 Å². The molecule has 23 heavy (non-hydrogen) atoms. The number of fused-ring (bicyclic) bond motifs is 1. The monoisotopic (exact) mass is 421 g/mol. The molecule has 7 heteroatoms. The van der Waals surface area contributed by atoms with Crippen LogP contribution < -0.4 is 4.74 Å². The van der Waals surface area contributed by atoms with Crippen LogP contribution in [0.3, 0.4) is 0 Å². The Morgan fingerprint density at radius 2 is 2.00 bits per heavy atom. The lowest BCUT2D eigenvalue weighted by molar-refractivity contribution is 0.332. The van der Waals surface area contributed by atoms with Gasteiger partial charge in [-0.05, 0) is 62.7 Å². The maximum atomic E-state index is 6.51. The highest BCUT2D eigenvalue weighted by atomic mass is 79.9. The van der Waals surface area contributed by atoms with Crippen molar-refractivity contribution in [3.8, 4) is 5.75 Å². The van der Waals surface area contributed by atoms with E-state index in [1.54, 1.807) is 7.11 Å². The highest BCUT2D eigenvalue weighted by Crippen LogP contribution is 2.31. The predicted octanol–water partition coefficient (Wildman–Crippen LogP) is 5.02. The number of imidazole rings is 1. The van der Waals surface area contributed by atoms with E-state index in [0.717, 1.165) is 10.3 Å². The van der Waals surface area contributed by atoms with Crippen LogP contribution >= 0.6 is 27.5 Å². The van der Waals surface area contributed by atoms with Crippen molar-refractivity contribution in [1.29, 1.82) is 0 Å². The molecule has 2 heterocycles. The highest BCUT2D eigenvalue weighted by molar-refractivity contribution is 9.10. The third-order valence-electron chi connectivity index (χ3n) is 3.27. The van der Waals surface area contributed by atoms with Crippen LogP contribution in [0.15, 0.2) is 16.7 Å². The molecule has 0 bridgehead atoms. The van der Waals surface area contributed by atoms with Crippen LogP contribution in [0, 0.1) is 0 Å². The molecule has 0 fully saturated rings. The van der Waals surface area contributed by atoms with Crippen molar-refractivity contribution in [3.63, 3.8) is 0 Å². The summed E-state index contributed by atoms with van der Waals surface area (Å²) in [7, 11) is 1.62. The average Bonchev–Trinajstić information content (AvgIpc) is 2.76. The van der Waals surface area contributed by atoms with Crippen LogP contribution in [0.25, 0.3) is 5.65 Å². The minimum atomic E-state index is -0.187. The number of nitrogens with zero attached hydrogens (tertiary/aromatic N) is 2. The zero-order valence-corrected chi connectivity index (χ0v) is 17.5. The molecule has 2 aromatic heterocycles. The second kappa shape index (κ2) is 7.21. The molecule has 0 N–H and O–H groups in total. The van der Waals surface area contributed by atoms with E-state index in [-0.39, 0.29) is 15.9 Å². The summed E-state index contributed by atoms with van der Waals surface area (Å²) in [4.78, 5) is 4.61. The Balaban J connectivity index is 2.34. The normalized spacial score (nSPS) is 13.8. The lowest BCUT2D eigenvalue weighted by atomic mass is 10.3. The van der Waals surface area contributed by atoms with Gasteiger partial charge in [0.25, 0.3) is 0 Å². The number of pyridine rings is 1. The number of hydrogen-bond donors (Lipinski definition) is 0. The number of hydrogen-bond acceptors (Lipinski definition) is 3. The third-order valence-corrected chi connectivity index (χ3v) is 6.71. The number of rotatable bonds is 5. The molecule has 0 aliphatic heterocycles. The molecule has 0 aromatic carbocycles. The fraction of sp³-hybridized carbons (Fsp3) is 0.562. The Labute approximate surface area is 154 Å². The molecule has 1 atom stereocenters. The van der Waals surface area contributed by atoms with Gasteiger partial charge >= 0.3 is 0 Å². The van der Waals surface area contributed by atoms with Gasteiger partial charge in [-0.15, -0.1) is 0 Å². The topological polar surface area (TPSA) is 35.8 Å². The first kappa shape index (κ1) is 18.9. The van der Waals surface area contributed by atoms with Crippen LogP contribution in [0.4, 0.5) is 0 Å². The number of halogens is 2. The van der Waals surface area contributed by atoms with Crippen molar-refractivity contribution in [1.82, 2.24) is 9.38 Å². The molecule has 0 saturated carbocycles. The van der Waals surface area contributed by atoms with Crippen LogP contribution in [0.1, 0.15) is 40.3 Å². The SMILES string of the molecule is COc1ccc(Br)n2c(Cl)c(CO[S+](C(C)C)C(C)(C)C)nc12. The van der Waals surface area contributed by atoms with Crippen molar-refractivity contribution < 1.29 is 8.92 Å². The second-order valence-electron chi connectivity index (χ2n) is 6.45. The van der Waals surface area contributed by atoms with Gasteiger partial charge in [-0.2, -0.15) is 4.18 Å². The van der Waals surface area contributed by atoms with Gasteiger partial charge in [0, 0.05) is 0 Å². The fourth-order valence-corrected chi connectivity index (χ4v) is 5.62. The Morgan fingerprint density at radius 3 is 2.52 bits per heavy atom.